The molecule has 2 rings (SSSR count). The second-order valence-electron chi connectivity index (χ2n) is 3.88. The van der Waals surface area contributed by atoms with E-state index in [1.54, 1.807) is 17.5 Å². The van der Waals surface area contributed by atoms with E-state index in [4.69, 9.17) is 0 Å². The van der Waals surface area contributed by atoms with Gasteiger partial charge < -0.3 is 15.4 Å². The lowest BCUT2D eigenvalue weighted by Gasteiger charge is -2.06. The highest BCUT2D eigenvalue weighted by Crippen LogP contribution is 2.17. The molecule has 2 aromatic rings. The van der Waals surface area contributed by atoms with Crippen molar-refractivity contribution in [3.05, 3.63) is 50.1 Å². The molecule has 5 nitrogen and oxygen atoms in total. The van der Waals surface area contributed by atoms with Gasteiger partial charge in [-0.25, -0.2) is 0 Å². The van der Waals surface area contributed by atoms with Gasteiger partial charge in [-0.05, 0) is 19.1 Å². The third-order valence-corrected chi connectivity index (χ3v) is 3.13. The molecule has 1 heterocycles. The number of rotatable bonds is 3. The van der Waals surface area contributed by atoms with Crippen molar-refractivity contribution in [1.29, 1.82) is 0 Å². The number of hydrogen-bond acceptors (Lipinski definition) is 4. The fourth-order valence-electron chi connectivity index (χ4n) is 1.50. The Morgan fingerprint density at radius 1 is 1.50 bits per heavy atom. The van der Waals surface area contributed by atoms with E-state index in [9.17, 15) is 14.7 Å². The van der Waals surface area contributed by atoms with Gasteiger partial charge in [-0.3, -0.25) is 9.59 Å². The number of thiazole rings is 1. The summed E-state index contributed by atoms with van der Waals surface area (Å²) in [6, 6.07) is 4.82. The molecule has 0 bridgehead atoms. The lowest BCUT2D eigenvalue weighted by molar-refractivity contribution is 0.0947. The summed E-state index contributed by atoms with van der Waals surface area (Å²) < 4.78 is 0. The Bertz CT molecular complexity index is 630. The number of hydrogen-bond donors (Lipinski definition) is 3. The zero-order valence-electron chi connectivity index (χ0n) is 9.69. The van der Waals surface area contributed by atoms with Crippen LogP contribution in [0.4, 0.5) is 0 Å². The van der Waals surface area contributed by atoms with Crippen LogP contribution in [0.2, 0.25) is 0 Å². The number of aromatic amines is 1. The fourth-order valence-corrected chi connectivity index (χ4v) is 2.08. The van der Waals surface area contributed by atoms with Crippen LogP contribution in [0.15, 0.2) is 28.4 Å². The van der Waals surface area contributed by atoms with Crippen LogP contribution < -0.4 is 10.2 Å². The van der Waals surface area contributed by atoms with Crippen LogP contribution in [0.1, 0.15) is 21.6 Å². The van der Waals surface area contributed by atoms with Crippen molar-refractivity contribution >= 4 is 17.2 Å². The van der Waals surface area contributed by atoms with Gasteiger partial charge in [0.15, 0.2) is 0 Å². The minimum absolute atomic E-state index is 0.0584. The summed E-state index contributed by atoms with van der Waals surface area (Å²) in [6.07, 6.45) is 0. The zero-order chi connectivity index (χ0) is 13.1. The molecule has 0 unspecified atom stereocenters. The number of phenolic OH excluding ortho intramolecular Hbond substituents is 1. The lowest BCUT2D eigenvalue weighted by atomic mass is 10.1. The van der Waals surface area contributed by atoms with Crippen molar-refractivity contribution in [1.82, 2.24) is 10.3 Å². The van der Waals surface area contributed by atoms with E-state index in [1.807, 2.05) is 6.92 Å². The Kier molecular flexibility index (Phi) is 3.47. The summed E-state index contributed by atoms with van der Waals surface area (Å²) in [5.41, 5.74) is 1.76. The van der Waals surface area contributed by atoms with Crippen LogP contribution >= 0.6 is 11.3 Å². The van der Waals surface area contributed by atoms with E-state index >= 15 is 0 Å². The van der Waals surface area contributed by atoms with Crippen molar-refractivity contribution in [2.24, 2.45) is 0 Å². The summed E-state index contributed by atoms with van der Waals surface area (Å²) in [6.45, 7) is 2.07. The van der Waals surface area contributed by atoms with Crippen molar-refractivity contribution in [2.45, 2.75) is 13.5 Å². The number of carbonyl (C=O) groups is 1. The number of aromatic nitrogens is 1. The minimum Gasteiger partial charge on any atom is -0.507 e. The molecule has 0 saturated heterocycles. The Hall–Kier alpha value is -2.08. The van der Waals surface area contributed by atoms with Crippen molar-refractivity contribution < 1.29 is 9.90 Å². The first-order chi connectivity index (χ1) is 8.56. The van der Waals surface area contributed by atoms with Crippen molar-refractivity contribution in [2.75, 3.05) is 0 Å². The molecule has 3 N–H and O–H groups in total. The average molecular weight is 264 g/mol. The maximum Gasteiger partial charge on any atom is 0.304 e. The van der Waals surface area contributed by atoms with Gasteiger partial charge in [0.2, 0.25) is 0 Å². The number of aromatic hydroxyl groups is 1. The van der Waals surface area contributed by atoms with Crippen LogP contribution in [0.3, 0.4) is 0 Å². The largest absolute Gasteiger partial charge is 0.507 e. The van der Waals surface area contributed by atoms with Crippen molar-refractivity contribution in [3.8, 4) is 5.75 Å². The van der Waals surface area contributed by atoms with Gasteiger partial charge in [0.1, 0.15) is 5.75 Å². The monoisotopic (exact) mass is 264 g/mol. The Morgan fingerprint density at radius 3 is 2.94 bits per heavy atom. The maximum absolute atomic E-state index is 11.8. The summed E-state index contributed by atoms with van der Waals surface area (Å²) in [5.74, 6) is -0.430. The van der Waals surface area contributed by atoms with Gasteiger partial charge in [-0.1, -0.05) is 23.0 Å². The molecule has 1 aromatic heterocycles. The molecule has 0 aliphatic rings. The smallest absolute Gasteiger partial charge is 0.304 e. The number of amides is 1. The molecule has 6 heteroatoms. The van der Waals surface area contributed by atoms with E-state index in [2.05, 4.69) is 10.3 Å². The van der Waals surface area contributed by atoms with Gasteiger partial charge in [0.05, 0.1) is 12.1 Å². The first-order valence-electron chi connectivity index (χ1n) is 5.31. The molecule has 0 aliphatic heterocycles. The van der Waals surface area contributed by atoms with Crippen LogP contribution in [-0.4, -0.2) is 16.0 Å². The summed E-state index contributed by atoms with van der Waals surface area (Å²) in [5, 5.41) is 13.9. The second-order valence-corrected chi connectivity index (χ2v) is 4.72. The average Bonchev–Trinajstić information content (AvgIpc) is 2.75. The van der Waals surface area contributed by atoms with Crippen LogP contribution in [0, 0.1) is 6.92 Å². The van der Waals surface area contributed by atoms with Gasteiger partial charge in [0.25, 0.3) is 5.91 Å². The van der Waals surface area contributed by atoms with Gasteiger partial charge in [0, 0.05) is 11.1 Å². The van der Waals surface area contributed by atoms with Crippen LogP contribution in [0.5, 0.6) is 5.75 Å². The highest BCUT2D eigenvalue weighted by Gasteiger charge is 2.11. The first-order valence-corrected chi connectivity index (χ1v) is 6.19. The molecular formula is C12H12N2O3S. The number of benzene rings is 1. The molecule has 18 heavy (non-hydrogen) atoms. The number of H-pyrrole nitrogens is 1. The molecule has 1 amide bonds. The summed E-state index contributed by atoms with van der Waals surface area (Å²) in [4.78, 5) is 25.2. The normalized spacial score (nSPS) is 10.3. The maximum atomic E-state index is 11.8. The third kappa shape index (κ3) is 2.78. The predicted molar refractivity (Wildman–Crippen MR) is 69.0 cm³/mol. The number of carbonyl (C=O) groups excluding carboxylic acids is 1. The van der Waals surface area contributed by atoms with Crippen LogP contribution in [0.25, 0.3) is 0 Å². The fraction of sp³-hybridized carbons (Fsp3) is 0.167. The van der Waals surface area contributed by atoms with Gasteiger partial charge >= 0.3 is 4.87 Å². The molecule has 0 radical (unpaired) electrons. The highest BCUT2D eigenvalue weighted by atomic mass is 32.1. The molecule has 1 aromatic carbocycles. The van der Waals surface area contributed by atoms with E-state index < -0.39 is 0 Å². The molecule has 0 aliphatic carbocycles. The van der Waals surface area contributed by atoms with Gasteiger partial charge in [-0.15, -0.1) is 0 Å². The minimum atomic E-state index is -0.372. The Balaban J connectivity index is 2.08. The van der Waals surface area contributed by atoms with E-state index in [-0.39, 0.29) is 28.6 Å². The molecule has 0 saturated carbocycles. The van der Waals surface area contributed by atoms with Crippen molar-refractivity contribution in [3.63, 3.8) is 0 Å². The topological polar surface area (TPSA) is 82.2 Å². The molecule has 94 valence electrons. The molecule has 0 spiro atoms. The number of phenols is 1. The zero-order valence-corrected chi connectivity index (χ0v) is 10.5. The molecular weight excluding hydrogens is 252 g/mol. The summed E-state index contributed by atoms with van der Waals surface area (Å²) >= 11 is 1.05. The molecule has 0 fully saturated rings. The Morgan fingerprint density at radius 2 is 2.28 bits per heavy atom. The number of aryl methyl sites for hydroxylation is 1. The SMILES string of the molecule is Cc1ccc(O)c(C(=O)NCc2csc(=O)[nH]2)c1. The lowest BCUT2D eigenvalue weighted by Crippen LogP contribution is -2.23. The third-order valence-electron chi connectivity index (χ3n) is 2.41. The van der Waals surface area contributed by atoms with Gasteiger partial charge in [-0.2, -0.15) is 0 Å². The highest BCUT2D eigenvalue weighted by molar-refractivity contribution is 7.07. The molecule has 0 atom stereocenters. The van der Waals surface area contributed by atoms with E-state index in [0.717, 1.165) is 16.9 Å². The quantitative estimate of drug-likeness (QED) is 0.783. The van der Waals surface area contributed by atoms with Crippen LogP contribution in [-0.2, 0) is 6.54 Å². The Labute approximate surface area is 107 Å². The predicted octanol–water partition coefficient (Wildman–Crippen LogP) is 1.38. The first kappa shape index (κ1) is 12.4. The number of nitrogens with one attached hydrogen (secondary N) is 2. The summed E-state index contributed by atoms with van der Waals surface area (Å²) in [7, 11) is 0. The van der Waals surface area contributed by atoms with E-state index in [1.165, 1.54) is 6.07 Å². The standard InChI is InChI=1S/C12H12N2O3S/c1-7-2-3-10(15)9(4-7)11(16)13-5-8-6-18-12(17)14-8/h2-4,6,15H,5H2,1H3,(H,13,16)(H,14,17). The second kappa shape index (κ2) is 5.05. The van der Waals surface area contributed by atoms with E-state index in [0.29, 0.717) is 5.69 Å².